The molecule has 7 atom stereocenters. The highest BCUT2D eigenvalue weighted by Gasteiger charge is 2.51. The molecule has 3 aliphatic heterocycles. The Hall–Kier alpha value is -2.56. The molecule has 0 aliphatic carbocycles. The van der Waals surface area contributed by atoms with Crippen molar-refractivity contribution in [3.63, 3.8) is 0 Å². The number of aliphatic hydroxyl groups excluding tert-OH is 3. The molecule has 1 fully saturated rings. The maximum absolute atomic E-state index is 10.8. The van der Waals surface area contributed by atoms with Crippen molar-refractivity contribution in [2.45, 2.75) is 63.2 Å². The SMILES string of the molecule is Cc1c(O)c(C)c2c3c1O[C@@H]1O[C@H](CO)[C@@H](O)[C@H](O)[C@H]1O[C@@H]3C[C@@H](c1ccc(O)cc1)O2. The van der Waals surface area contributed by atoms with Gasteiger partial charge in [0, 0.05) is 17.5 Å². The van der Waals surface area contributed by atoms with Crippen LogP contribution < -0.4 is 9.47 Å². The summed E-state index contributed by atoms with van der Waals surface area (Å²) < 4.78 is 24.3. The smallest absolute Gasteiger partial charge is 0.229 e. The molecule has 3 aliphatic rings. The third-order valence-corrected chi connectivity index (χ3v) is 6.54. The van der Waals surface area contributed by atoms with E-state index in [1.54, 1.807) is 38.1 Å². The number of aliphatic hydroxyl groups is 3. The highest BCUT2D eigenvalue weighted by Crippen LogP contribution is 2.55. The Morgan fingerprint density at radius 1 is 0.875 bits per heavy atom. The molecule has 3 heterocycles. The van der Waals surface area contributed by atoms with Crippen molar-refractivity contribution < 1.29 is 44.5 Å². The van der Waals surface area contributed by atoms with Crippen molar-refractivity contribution in [1.29, 1.82) is 0 Å². The second-order valence-corrected chi connectivity index (χ2v) is 8.52. The Balaban J connectivity index is 1.61. The number of phenols is 2. The minimum Gasteiger partial charge on any atom is -0.508 e. The molecule has 0 bridgehead atoms. The standard InChI is InChI=1S/C23H26O9/c1-9-17(26)10(2)21-16-14(7-13(29-20(9)16)11-3-5-12(25)6-4-11)30-22-19(28)18(27)15(8-24)31-23(22)32-21/h3-6,13-15,18-19,22-28H,7-8H2,1-2H3/t13-,14+,15+,18+,19-,22+,23-/m0/s1. The summed E-state index contributed by atoms with van der Waals surface area (Å²) >= 11 is 0. The molecule has 2 aromatic carbocycles. The summed E-state index contributed by atoms with van der Waals surface area (Å²) in [5, 5.41) is 51.0. The van der Waals surface area contributed by atoms with Gasteiger partial charge in [0.05, 0.1) is 18.3 Å². The first-order chi connectivity index (χ1) is 15.3. The molecule has 0 amide bonds. The van der Waals surface area contributed by atoms with Crippen molar-refractivity contribution in [1.82, 2.24) is 0 Å². The molecule has 0 unspecified atom stereocenters. The van der Waals surface area contributed by atoms with Gasteiger partial charge >= 0.3 is 0 Å². The molecule has 2 aromatic rings. The molecule has 1 saturated heterocycles. The largest absolute Gasteiger partial charge is 0.508 e. The van der Waals surface area contributed by atoms with Gasteiger partial charge in [0.25, 0.3) is 0 Å². The Labute approximate surface area is 184 Å². The number of phenolic OH excluding ortho intramolecular Hbond substituents is 2. The van der Waals surface area contributed by atoms with Crippen LogP contribution in [0.5, 0.6) is 23.0 Å². The molecule has 0 spiro atoms. The van der Waals surface area contributed by atoms with Gasteiger partial charge in [-0.15, -0.1) is 0 Å². The predicted molar refractivity (Wildman–Crippen MR) is 110 cm³/mol. The molecule has 9 nitrogen and oxygen atoms in total. The number of aromatic hydroxyl groups is 2. The molecule has 9 heteroatoms. The van der Waals surface area contributed by atoms with E-state index in [1.165, 1.54) is 0 Å². The highest BCUT2D eigenvalue weighted by atomic mass is 16.7. The zero-order chi connectivity index (χ0) is 22.7. The molecular formula is C23H26O9. The monoisotopic (exact) mass is 446 g/mol. The van der Waals surface area contributed by atoms with Crippen molar-refractivity contribution in [3.05, 3.63) is 46.5 Å². The minimum absolute atomic E-state index is 0.0115. The van der Waals surface area contributed by atoms with E-state index in [0.29, 0.717) is 34.6 Å². The lowest BCUT2D eigenvalue weighted by molar-refractivity contribution is -0.292. The van der Waals surface area contributed by atoms with Gasteiger partial charge in [-0.3, -0.25) is 0 Å². The van der Waals surface area contributed by atoms with E-state index < -0.39 is 49.5 Å². The lowest BCUT2D eigenvalue weighted by atomic mass is 9.90. The van der Waals surface area contributed by atoms with Crippen LogP contribution in [0.3, 0.4) is 0 Å². The first-order valence-electron chi connectivity index (χ1n) is 10.6. The maximum atomic E-state index is 10.8. The Morgan fingerprint density at radius 3 is 2.19 bits per heavy atom. The Bertz CT molecular complexity index is 1020. The van der Waals surface area contributed by atoms with E-state index in [2.05, 4.69) is 0 Å². The lowest BCUT2D eigenvalue weighted by Gasteiger charge is -2.41. The van der Waals surface area contributed by atoms with Gasteiger partial charge < -0.3 is 44.5 Å². The molecule has 0 aromatic heterocycles. The summed E-state index contributed by atoms with van der Waals surface area (Å²) in [6.45, 7) is 2.94. The van der Waals surface area contributed by atoms with Crippen LogP contribution >= 0.6 is 0 Å². The number of rotatable bonds is 2. The van der Waals surface area contributed by atoms with Crippen molar-refractivity contribution in [2.75, 3.05) is 6.61 Å². The van der Waals surface area contributed by atoms with Crippen molar-refractivity contribution in [2.24, 2.45) is 0 Å². The average Bonchev–Trinajstić information content (AvgIpc) is 2.96. The van der Waals surface area contributed by atoms with Crippen LogP contribution in [-0.2, 0) is 9.47 Å². The number of benzene rings is 2. The van der Waals surface area contributed by atoms with Gasteiger partial charge in [-0.2, -0.15) is 0 Å². The molecule has 172 valence electrons. The van der Waals surface area contributed by atoms with Gasteiger partial charge in [-0.25, -0.2) is 0 Å². The van der Waals surface area contributed by atoms with Gasteiger partial charge in [0.15, 0.2) is 0 Å². The van der Waals surface area contributed by atoms with E-state index in [-0.39, 0.29) is 11.5 Å². The minimum atomic E-state index is -1.35. The van der Waals surface area contributed by atoms with Crippen LogP contribution in [0.1, 0.15) is 40.9 Å². The Kier molecular flexibility index (Phi) is 5.18. The van der Waals surface area contributed by atoms with E-state index in [9.17, 15) is 25.5 Å². The maximum Gasteiger partial charge on any atom is 0.229 e. The van der Waals surface area contributed by atoms with E-state index in [0.717, 1.165) is 5.56 Å². The molecule has 5 rings (SSSR count). The molecule has 0 saturated carbocycles. The summed E-state index contributed by atoms with van der Waals surface area (Å²) in [6, 6.07) is 6.63. The van der Waals surface area contributed by atoms with E-state index >= 15 is 0 Å². The zero-order valence-electron chi connectivity index (χ0n) is 17.6. The summed E-state index contributed by atoms with van der Waals surface area (Å²) in [7, 11) is 0. The second-order valence-electron chi connectivity index (χ2n) is 8.52. The van der Waals surface area contributed by atoms with Crippen LogP contribution in [0.2, 0.25) is 0 Å². The van der Waals surface area contributed by atoms with Crippen LogP contribution in [0.15, 0.2) is 24.3 Å². The van der Waals surface area contributed by atoms with Crippen LogP contribution in [0.25, 0.3) is 0 Å². The van der Waals surface area contributed by atoms with Gasteiger partial charge in [-0.1, -0.05) is 12.1 Å². The normalized spacial score (nSPS) is 33.3. The number of ether oxygens (including phenoxy) is 4. The molecular weight excluding hydrogens is 420 g/mol. The lowest BCUT2D eigenvalue weighted by Crippen LogP contribution is -2.60. The second kappa shape index (κ2) is 7.79. The van der Waals surface area contributed by atoms with E-state index in [1.807, 2.05) is 0 Å². The topological polar surface area (TPSA) is 138 Å². The van der Waals surface area contributed by atoms with E-state index in [4.69, 9.17) is 18.9 Å². The van der Waals surface area contributed by atoms with Crippen molar-refractivity contribution in [3.8, 4) is 23.0 Å². The number of fused-ring (bicyclic) bond motifs is 1. The van der Waals surface area contributed by atoms with Crippen LogP contribution in [-0.4, -0.2) is 62.8 Å². The fraction of sp³-hybridized carbons (Fsp3) is 0.478. The van der Waals surface area contributed by atoms with Crippen LogP contribution in [0.4, 0.5) is 0 Å². The number of hydrogen-bond acceptors (Lipinski definition) is 9. The number of hydrogen-bond donors (Lipinski definition) is 5. The quantitative estimate of drug-likeness (QED) is 0.464. The average molecular weight is 446 g/mol. The van der Waals surface area contributed by atoms with Gasteiger partial charge in [-0.05, 0) is 31.5 Å². The Morgan fingerprint density at radius 2 is 1.53 bits per heavy atom. The third kappa shape index (κ3) is 3.20. The predicted octanol–water partition coefficient (Wildman–Crippen LogP) is 1.50. The zero-order valence-corrected chi connectivity index (χ0v) is 17.6. The summed E-state index contributed by atoms with van der Waals surface area (Å²) in [4.78, 5) is 0. The first kappa shape index (κ1) is 21.3. The highest BCUT2D eigenvalue weighted by molar-refractivity contribution is 5.63. The van der Waals surface area contributed by atoms with Gasteiger partial charge in [0.2, 0.25) is 6.29 Å². The molecule has 0 radical (unpaired) electrons. The summed E-state index contributed by atoms with van der Waals surface area (Å²) in [5.74, 6) is 0.904. The van der Waals surface area contributed by atoms with Crippen molar-refractivity contribution >= 4 is 0 Å². The molecule has 5 N–H and O–H groups in total. The summed E-state index contributed by atoms with van der Waals surface area (Å²) in [6.07, 6.45) is -6.55. The fourth-order valence-electron chi connectivity index (χ4n) is 4.72. The fourth-order valence-corrected chi connectivity index (χ4v) is 4.72. The molecule has 32 heavy (non-hydrogen) atoms. The van der Waals surface area contributed by atoms with Crippen LogP contribution in [0, 0.1) is 13.8 Å². The third-order valence-electron chi connectivity index (χ3n) is 6.54. The van der Waals surface area contributed by atoms with Gasteiger partial charge in [0.1, 0.15) is 53.5 Å². The summed E-state index contributed by atoms with van der Waals surface area (Å²) in [5.41, 5.74) is 2.42. The first-order valence-corrected chi connectivity index (χ1v) is 10.6.